The summed E-state index contributed by atoms with van der Waals surface area (Å²) < 4.78 is 5.98. The standard InChI is InChI=1S/C35H29N3O4/c39-34(25-6-5-18-36-22-25)29-8-2-4-10-31(29)38-33(35(40)41)21-23-11-14-26(15-12-23)42-19-17-24-13-16-28-27-7-1-3-9-30(27)37-32(28)20-24/h1-16,18,20,22,33,37-38H,17,19,21H2,(H,40,41). The van der Waals surface area contributed by atoms with Crippen molar-refractivity contribution in [2.75, 3.05) is 11.9 Å². The maximum absolute atomic E-state index is 13.0. The number of rotatable bonds is 11. The average Bonchev–Trinajstić information content (AvgIpc) is 3.40. The smallest absolute Gasteiger partial charge is 0.326 e. The number of H-pyrrole nitrogens is 1. The molecule has 0 amide bonds. The van der Waals surface area contributed by atoms with Gasteiger partial charge in [-0.15, -0.1) is 0 Å². The molecule has 0 aliphatic carbocycles. The zero-order chi connectivity index (χ0) is 28.9. The van der Waals surface area contributed by atoms with Crippen molar-refractivity contribution < 1.29 is 19.4 Å². The van der Waals surface area contributed by atoms with E-state index in [1.54, 1.807) is 42.6 Å². The largest absolute Gasteiger partial charge is 0.493 e. The third-order valence-corrected chi connectivity index (χ3v) is 7.32. The van der Waals surface area contributed by atoms with Gasteiger partial charge in [-0.25, -0.2) is 4.79 Å². The van der Waals surface area contributed by atoms with Crippen LogP contribution < -0.4 is 10.1 Å². The summed E-state index contributed by atoms with van der Waals surface area (Å²) in [5.41, 5.74) is 5.56. The van der Waals surface area contributed by atoms with E-state index in [9.17, 15) is 14.7 Å². The number of nitrogens with zero attached hydrogens (tertiary/aromatic N) is 1. The Morgan fingerprint density at radius 1 is 0.833 bits per heavy atom. The zero-order valence-electron chi connectivity index (χ0n) is 22.8. The van der Waals surface area contributed by atoms with Crippen molar-refractivity contribution in [3.05, 3.63) is 138 Å². The van der Waals surface area contributed by atoms with Gasteiger partial charge in [-0.05, 0) is 59.7 Å². The van der Waals surface area contributed by atoms with E-state index in [0.29, 0.717) is 23.4 Å². The van der Waals surface area contributed by atoms with Gasteiger partial charge in [0.2, 0.25) is 0 Å². The number of hydrogen-bond donors (Lipinski definition) is 3. The molecule has 0 radical (unpaired) electrons. The van der Waals surface area contributed by atoms with Crippen molar-refractivity contribution in [2.24, 2.45) is 0 Å². The van der Waals surface area contributed by atoms with Gasteiger partial charge in [0, 0.05) is 63.9 Å². The SMILES string of the molecule is O=C(c1cccnc1)c1ccccc1NC(Cc1ccc(OCCc2ccc3c(c2)[nH]c2ccccc23)cc1)C(=O)O. The van der Waals surface area contributed by atoms with Crippen LogP contribution in [0.1, 0.15) is 27.0 Å². The number of aliphatic carboxylic acids is 1. The van der Waals surface area contributed by atoms with Crippen LogP contribution in [0.5, 0.6) is 5.75 Å². The van der Waals surface area contributed by atoms with Crippen LogP contribution in [0, 0.1) is 0 Å². The minimum absolute atomic E-state index is 0.224. The van der Waals surface area contributed by atoms with Gasteiger partial charge in [0.05, 0.1) is 6.61 Å². The van der Waals surface area contributed by atoms with Crippen molar-refractivity contribution >= 4 is 39.2 Å². The molecular weight excluding hydrogens is 526 g/mol. The number of benzene rings is 4. The molecule has 4 aromatic carbocycles. The second-order valence-corrected chi connectivity index (χ2v) is 10.1. The summed E-state index contributed by atoms with van der Waals surface area (Å²) in [6.07, 6.45) is 4.09. The highest BCUT2D eigenvalue weighted by atomic mass is 16.5. The molecule has 3 N–H and O–H groups in total. The summed E-state index contributed by atoms with van der Waals surface area (Å²) in [5, 5.41) is 15.4. The fourth-order valence-electron chi connectivity index (χ4n) is 5.15. The van der Waals surface area contributed by atoms with Gasteiger partial charge in [-0.3, -0.25) is 9.78 Å². The summed E-state index contributed by atoms with van der Waals surface area (Å²) in [4.78, 5) is 32.7. The van der Waals surface area contributed by atoms with Crippen molar-refractivity contribution in [1.82, 2.24) is 9.97 Å². The molecular formula is C35H29N3O4. The summed E-state index contributed by atoms with van der Waals surface area (Å²) in [7, 11) is 0. The molecule has 0 saturated heterocycles. The van der Waals surface area contributed by atoms with Gasteiger partial charge < -0.3 is 20.1 Å². The second-order valence-electron chi connectivity index (χ2n) is 10.1. The first-order chi connectivity index (χ1) is 20.5. The number of fused-ring (bicyclic) bond motifs is 3. The number of ether oxygens (including phenoxy) is 1. The maximum Gasteiger partial charge on any atom is 0.326 e. The lowest BCUT2D eigenvalue weighted by Crippen LogP contribution is -2.32. The van der Waals surface area contributed by atoms with Gasteiger partial charge in [0.1, 0.15) is 11.8 Å². The van der Waals surface area contributed by atoms with Gasteiger partial charge in [-0.1, -0.05) is 54.6 Å². The Labute approximate surface area is 242 Å². The highest BCUT2D eigenvalue weighted by molar-refractivity contribution is 6.12. The first-order valence-electron chi connectivity index (χ1n) is 13.8. The number of carboxylic acid groups (broad SMARTS) is 1. The van der Waals surface area contributed by atoms with Crippen LogP contribution in [0.2, 0.25) is 0 Å². The van der Waals surface area contributed by atoms with Crippen LogP contribution in [-0.2, 0) is 17.6 Å². The van der Waals surface area contributed by atoms with E-state index in [0.717, 1.165) is 28.8 Å². The molecule has 2 heterocycles. The van der Waals surface area contributed by atoms with E-state index >= 15 is 0 Å². The lowest BCUT2D eigenvalue weighted by atomic mass is 10.0. The van der Waals surface area contributed by atoms with Crippen LogP contribution in [0.25, 0.3) is 21.8 Å². The Morgan fingerprint density at radius 3 is 2.40 bits per heavy atom. The first-order valence-corrected chi connectivity index (χ1v) is 13.8. The molecule has 2 aromatic heterocycles. The maximum atomic E-state index is 13.0. The zero-order valence-corrected chi connectivity index (χ0v) is 22.8. The predicted molar refractivity (Wildman–Crippen MR) is 164 cm³/mol. The molecule has 6 aromatic rings. The Hall–Kier alpha value is -5.43. The molecule has 7 nitrogen and oxygen atoms in total. The number of pyridine rings is 1. The van der Waals surface area contributed by atoms with Crippen molar-refractivity contribution in [3.63, 3.8) is 0 Å². The van der Waals surface area contributed by atoms with E-state index in [1.807, 2.05) is 36.4 Å². The normalized spacial score (nSPS) is 11.8. The Bertz CT molecular complexity index is 1860. The fraction of sp³-hybridized carbons (Fsp3) is 0.114. The molecule has 0 fully saturated rings. The molecule has 0 bridgehead atoms. The number of aromatic nitrogens is 2. The predicted octanol–water partition coefficient (Wildman–Crippen LogP) is 6.68. The highest BCUT2D eigenvalue weighted by Gasteiger charge is 2.21. The third kappa shape index (κ3) is 5.86. The molecule has 0 aliphatic heterocycles. The number of aromatic amines is 1. The van der Waals surface area contributed by atoms with Crippen LogP contribution in [0.4, 0.5) is 5.69 Å². The lowest BCUT2D eigenvalue weighted by molar-refractivity contribution is -0.137. The Morgan fingerprint density at radius 2 is 1.60 bits per heavy atom. The van der Waals surface area contributed by atoms with Crippen LogP contribution in [-0.4, -0.2) is 39.5 Å². The molecule has 1 unspecified atom stereocenters. The monoisotopic (exact) mass is 555 g/mol. The molecule has 208 valence electrons. The molecule has 7 heteroatoms. The van der Waals surface area contributed by atoms with Crippen LogP contribution in [0.15, 0.2) is 116 Å². The Kier molecular flexibility index (Phi) is 7.64. The summed E-state index contributed by atoms with van der Waals surface area (Å²) >= 11 is 0. The van der Waals surface area contributed by atoms with Crippen LogP contribution >= 0.6 is 0 Å². The van der Waals surface area contributed by atoms with Crippen LogP contribution in [0.3, 0.4) is 0 Å². The van der Waals surface area contributed by atoms with Gasteiger partial charge in [-0.2, -0.15) is 0 Å². The fourth-order valence-corrected chi connectivity index (χ4v) is 5.15. The number of carboxylic acids is 1. The molecule has 6 rings (SSSR count). The Balaban J connectivity index is 1.07. The number of hydrogen-bond acceptors (Lipinski definition) is 5. The topological polar surface area (TPSA) is 104 Å². The highest BCUT2D eigenvalue weighted by Crippen LogP contribution is 2.26. The van der Waals surface area contributed by atoms with E-state index in [-0.39, 0.29) is 12.2 Å². The number of carbonyl (C=O) groups is 2. The van der Waals surface area contributed by atoms with E-state index in [4.69, 9.17) is 4.74 Å². The lowest BCUT2D eigenvalue weighted by Gasteiger charge is -2.18. The van der Waals surface area contributed by atoms with Gasteiger partial charge in [0.15, 0.2) is 5.78 Å². The average molecular weight is 556 g/mol. The molecule has 0 spiro atoms. The quantitative estimate of drug-likeness (QED) is 0.154. The van der Waals surface area contributed by atoms with Gasteiger partial charge >= 0.3 is 5.97 Å². The van der Waals surface area contributed by atoms with Crippen molar-refractivity contribution in [1.29, 1.82) is 0 Å². The second kappa shape index (κ2) is 12.0. The minimum atomic E-state index is -1.01. The first kappa shape index (κ1) is 26.8. The summed E-state index contributed by atoms with van der Waals surface area (Å²) in [5.74, 6) is -0.512. The van der Waals surface area contributed by atoms with Crippen molar-refractivity contribution in [3.8, 4) is 5.75 Å². The molecule has 1 atom stereocenters. The number of ketones is 1. The summed E-state index contributed by atoms with van der Waals surface area (Å²) in [6.45, 7) is 0.520. The molecule has 0 saturated carbocycles. The number of nitrogens with one attached hydrogen (secondary N) is 2. The van der Waals surface area contributed by atoms with Gasteiger partial charge in [0.25, 0.3) is 0 Å². The minimum Gasteiger partial charge on any atom is -0.493 e. The van der Waals surface area contributed by atoms with E-state index in [1.165, 1.54) is 22.5 Å². The van der Waals surface area contributed by atoms with E-state index < -0.39 is 12.0 Å². The van der Waals surface area contributed by atoms with E-state index in [2.05, 4.69) is 45.6 Å². The van der Waals surface area contributed by atoms with Crippen molar-refractivity contribution in [2.45, 2.75) is 18.9 Å². The molecule has 0 aliphatic rings. The number of para-hydroxylation sites is 2. The summed E-state index contributed by atoms with van der Waals surface area (Å²) in [6, 6.07) is 31.6. The molecule has 42 heavy (non-hydrogen) atoms. The third-order valence-electron chi connectivity index (χ3n) is 7.32. The number of carbonyl (C=O) groups excluding carboxylic acids is 1. The number of anilines is 1.